The van der Waals surface area contributed by atoms with Crippen LogP contribution in [0, 0.1) is 17.0 Å². The van der Waals surface area contributed by atoms with Gasteiger partial charge in [0.15, 0.2) is 0 Å². The Kier molecular flexibility index (Phi) is 4.54. The normalized spacial score (nSPS) is 20.1. The number of ether oxygens (including phenoxy) is 1. The monoisotopic (exact) mass is 293 g/mol. The fraction of sp³-hybridized carbons (Fsp3) is 0.500. The first-order valence-electron chi connectivity index (χ1n) is 6.81. The molecule has 2 rings (SSSR count). The number of nitrogens with zero attached hydrogens (tertiary/aromatic N) is 2. The van der Waals surface area contributed by atoms with E-state index in [-0.39, 0.29) is 23.7 Å². The van der Waals surface area contributed by atoms with E-state index in [0.717, 1.165) is 0 Å². The highest BCUT2D eigenvalue weighted by atomic mass is 16.6. The maximum Gasteiger partial charge on any atom is 0.273 e. The van der Waals surface area contributed by atoms with Gasteiger partial charge in [0, 0.05) is 36.3 Å². The Morgan fingerprint density at radius 2 is 2.29 bits per heavy atom. The second-order valence-electron chi connectivity index (χ2n) is 5.28. The molecule has 0 radical (unpaired) electrons. The zero-order valence-electron chi connectivity index (χ0n) is 12.1. The smallest absolute Gasteiger partial charge is 0.273 e. The minimum absolute atomic E-state index is 0.0437. The molecule has 1 amide bonds. The van der Waals surface area contributed by atoms with E-state index in [4.69, 9.17) is 10.5 Å². The maximum atomic E-state index is 12.5. The second-order valence-corrected chi connectivity index (χ2v) is 5.28. The highest BCUT2D eigenvalue weighted by molar-refractivity contribution is 5.95. The molecule has 1 saturated heterocycles. The average Bonchev–Trinajstić information content (AvgIpc) is 2.46. The van der Waals surface area contributed by atoms with E-state index in [9.17, 15) is 14.9 Å². The van der Waals surface area contributed by atoms with Gasteiger partial charge in [0.2, 0.25) is 0 Å². The van der Waals surface area contributed by atoms with Crippen LogP contribution in [0.15, 0.2) is 18.2 Å². The summed E-state index contributed by atoms with van der Waals surface area (Å²) in [5, 5.41) is 11.0. The van der Waals surface area contributed by atoms with E-state index in [0.29, 0.717) is 30.8 Å². The first-order chi connectivity index (χ1) is 9.90. The van der Waals surface area contributed by atoms with Gasteiger partial charge in [-0.2, -0.15) is 0 Å². The van der Waals surface area contributed by atoms with Crippen LogP contribution in [0.1, 0.15) is 22.8 Å². The number of nitrogens with two attached hydrogens (primary N) is 1. The number of hydrogen-bond donors (Lipinski definition) is 1. The van der Waals surface area contributed by atoms with Crippen molar-refractivity contribution in [1.82, 2.24) is 4.90 Å². The van der Waals surface area contributed by atoms with E-state index in [1.54, 1.807) is 24.0 Å². The molecule has 1 aromatic rings. The molecule has 1 heterocycles. The van der Waals surface area contributed by atoms with Crippen molar-refractivity contribution in [2.45, 2.75) is 26.0 Å². The summed E-state index contributed by atoms with van der Waals surface area (Å²) in [6.07, 6.45) is -0.205. The molecule has 1 aliphatic rings. The minimum atomic E-state index is -0.476. The van der Waals surface area contributed by atoms with Gasteiger partial charge < -0.3 is 15.4 Å². The Hall–Kier alpha value is -1.99. The molecule has 0 bridgehead atoms. The number of benzene rings is 1. The zero-order chi connectivity index (χ0) is 15.6. The SMILES string of the molecule is Cc1ccc(C(=O)N2CCOC(C(C)N)C2)cc1[N+](=O)[O-]. The Labute approximate surface area is 122 Å². The predicted molar refractivity (Wildman–Crippen MR) is 77.1 cm³/mol. The van der Waals surface area contributed by atoms with E-state index in [1.807, 2.05) is 6.92 Å². The Bertz CT molecular complexity index is 559. The standard InChI is InChI=1S/C14H19N3O4/c1-9-3-4-11(7-12(9)17(19)20)14(18)16-5-6-21-13(8-16)10(2)15/h3-4,7,10,13H,5-6,8,15H2,1-2H3. The molecule has 0 aliphatic carbocycles. The molecule has 1 aromatic carbocycles. The number of aryl methyl sites for hydroxylation is 1. The number of nitro groups is 1. The molecule has 7 nitrogen and oxygen atoms in total. The Morgan fingerprint density at radius 3 is 2.90 bits per heavy atom. The van der Waals surface area contributed by atoms with Crippen molar-refractivity contribution in [3.8, 4) is 0 Å². The molecule has 0 aromatic heterocycles. The van der Waals surface area contributed by atoms with Gasteiger partial charge >= 0.3 is 0 Å². The van der Waals surface area contributed by atoms with E-state index >= 15 is 0 Å². The van der Waals surface area contributed by atoms with Gasteiger partial charge in [0.1, 0.15) is 0 Å². The molecule has 21 heavy (non-hydrogen) atoms. The number of hydrogen-bond acceptors (Lipinski definition) is 5. The quantitative estimate of drug-likeness (QED) is 0.664. The predicted octanol–water partition coefficient (Wildman–Crippen LogP) is 1.09. The zero-order valence-corrected chi connectivity index (χ0v) is 12.1. The lowest BCUT2D eigenvalue weighted by Gasteiger charge is -2.34. The first kappa shape index (κ1) is 15.4. The van der Waals surface area contributed by atoms with Gasteiger partial charge in [-0.25, -0.2) is 0 Å². The van der Waals surface area contributed by atoms with Crippen LogP contribution in [-0.4, -0.2) is 47.6 Å². The van der Waals surface area contributed by atoms with Crippen molar-refractivity contribution < 1.29 is 14.5 Å². The van der Waals surface area contributed by atoms with Crippen LogP contribution in [0.25, 0.3) is 0 Å². The van der Waals surface area contributed by atoms with Gasteiger partial charge in [-0.15, -0.1) is 0 Å². The average molecular weight is 293 g/mol. The molecule has 2 N–H and O–H groups in total. The van der Waals surface area contributed by atoms with Gasteiger partial charge in [0.25, 0.3) is 11.6 Å². The summed E-state index contributed by atoms with van der Waals surface area (Å²) >= 11 is 0. The molecule has 7 heteroatoms. The summed E-state index contributed by atoms with van der Waals surface area (Å²) in [4.78, 5) is 24.6. The third-order valence-electron chi connectivity index (χ3n) is 3.62. The molecule has 114 valence electrons. The van der Waals surface area contributed by atoms with Crippen molar-refractivity contribution in [1.29, 1.82) is 0 Å². The van der Waals surface area contributed by atoms with Crippen molar-refractivity contribution >= 4 is 11.6 Å². The topological polar surface area (TPSA) is 98.7 Å². The van der Waals surface area contributed by atoms with Gasteiger partial charge in [-0.05, 0) is 19.9 Å². The lowest BCUT2D eigenvalue weighted by Crippen LogP contribution is -2.51. The van der Waals surface area contributed by atoms with Crippen molar-refractivity contribution in [2.24, 2.45) is 5.73 Å². The van der Waals surface area contributed by atoms with Gasteiger partial charge in [0.05, 0.1) is 17.6 Å². The summed E-state index contributed by atoms with van der Waals surface area (Å²) < 4.78 is 5.51. The van der Waals surface area contributed by atoms with Crippen LogP contribution < -0.4 is 5.73 Å². The summed E-state index contributed by atoms with van der Waals surface area (Å²) in [7, 11) is 0. The van der Waals surface area contributed by atoms with Crippen LogP contribution >= 0.6 is 0 Å². The van der Waals surface area contributed by atoms with Gasteiger partial charge in [-0.1, -0.05) is 6.07 Å². The molecule has 2 unspecified atom stereocenters. The summed E-state index contributed by atoms with van der Waals surface area (Å²) in [5.41, 5.74) is 6.61. The van der Waals surface area contributed by atoms with Crippen LogP contribution in [0.4, 0.5) is 5.69 Å². The Balaban J connectivity index is 2.20. The van der Waals surface area contributed by atoms with Crippen LogP contribution in [0.5, 0.6) is 0 Å². The number of nitro benzene ring substituents is 1. The number of carbonyl (C=O) groups excluding carboxylic acids is 1. The molecular formula is C14H19N3O4. The molecular weight excluding hydrogens is 274 g/mol. The lowest BCUT2D eigenvalue weighted by molar-refractivity contribution is -0.385. The number of amides is 1. The third kappa shape index (κ3) is 3.37. The van der Waals surface area contributed by atoms with E-state index in [1.165, 1.54) is 6.07 Å². The van der Waals surface area contributed by atoms with Crippen LogP contribution in [0.2, 0.25) is 0 Å². The molecule has 1 fully saturated rings. The number of morpholine rings is 1. The summed E-state index contributed by atoms with van der Waals surface area (Å²) in [6, 6.07) is 4.36. The fourth-order valence-corrected chi connectivity index (χ4v) is 2.30. The summed E-state index contributed by atoms with van der Waals surface area (Å²) in [6.45, 7) is 4.76. The first-order valence-corrected chi connectivity index (χ1v) is 6.81. The van der Waals surface area contributed by atoms with E-state index < -0.39 is 4.92 Å². The minimum Gasteiger partial charge on any atom is -0.373 e. The highest BCUT2D eigenvalue weighted by Crippen LogP contribution is 2.21. The van der Waals surface area contributed by atoms with Crippen molar-refractivity contribution in [3.05, 3.63) is 39.4 Å². The van der Waals surface area contributed by atoms with Crippen LogP contribution in [0.3, 0.4) is 0 Å². The van der Waals surface area contributed by atoms with Crippen molar-refractivity contribution in [3.63, 3.8) is 0 Å². The van der Waals surface area contributed by atoms with Crippen molar-refractivity contribution in [2.75, 3.05) is 19.7 Å². The number of rotatable bonds is 3. The van der Waals surface area contributed by atoms with Crippen LogP contribution in [-0.2, 0) is 4.74 Å². The Morgan fingerprint density at radius 1 is 1.57 bits per heavy atom. The second kappa shape index (κ2) is 6.19. The van der Waals surface area contributed by atoms with E-state index in [2.05, 4.69) is 0 Å². The highest BCUT2D eigenvalue weighted by Gasteiger charge is 2.28. The fourth-order valence-electron chi connectivity index (χ4n) is 2.30. The van der Waals surface area contributed by atoms with Gasteiger partial charge in [-0.3, -0.25) is 14.9 Å². The molecule has 0 saturated carbocycles. The molecule has 1 aliphatic heterocycles. The maximum absolute atomic E-state index is 12.5. The number of carbonyl (C=O) groups is 1. The third-order valence-corrected chi connectivity index (χ3v) is 3.62. The largest absolute Gasteiger partial charge is 0.373 e. The molecule has 0 spiro atoms. The molecule has 2 atom stereocenters. The summed E-state index contributed by atoms with van der Waals surface area (Å²) in [5.74, 6) is -0.230. The lowest BCUT2D eigenvalue weighted by atomic mass is 10.1.